The lowest BCUT2D eigenvalue weighted by Crippen LogP contribution is -2.14. The first kappa shape index (κ1) is 13.2. The molecule has 98 valence electrons. The van der Waals surface area contributed by atoms with E-state index in [1.54, 1.807) is 12.1 Å². The number of benzene rings is 2. The number of hydrogen-bond acceptors (Lipinski definition) is 3. The zero-order valence-corrected chi connectivity index (χ0v) is 10.7. The first-order valence-corrected chi connectivity index (χ1v) is 6.12. The summed E-state index contributed by atoms with van der Waals surface area (Å²) in [5, 5.41) is 11.0. The van der Waals surface area contributed by atoms with Crippen LogP contribution in [0.4, 0.5) is 5.69 Å². The fraction of sp³-hybridized carbons (Fsp3) is 0.200. The maximum Gasteiger partial charge on any atom is 0.272 e. The van der Waals surface area contributed by atoms with Crippen molar-refractivity contribution < 1.29 is 4.92 Å². The van der Waals surface area contributed by atoms with Gasteiger partial charge in [-0.15, -0.1) is 0 Å². The molecule has 0 saturated carbocycles. The van der Waals surface area contributed by atoms with Gasteiger partial charge in [-0.1, -0.05) is 42.0 Å². The monoisotopic (exact) mass is 256 g/mol. The van der Waals surface area contributed by atoms with Gasteiger partial charge >= 0.3 is 0 Å². The number of nitrogens with zero attached hydrogens (tertiary/aromatic N) is 1. The molecule has 0 aliphatic carbocycles. The van der Waals surface area contributed by atoms with Gasteiger partial charge in [0.15, 0.2) is 0 Å². The number of hydrogen-bond donors (Lipinski definition) is 1. The van der Waals surface area contributed by atoms with Gasteiger partial charge in [0.2, 0.25) is 0 Å². The fourth-order valence-corrected chi connectivity index (χ4v) is 2.11. The smallest absolute Gasteiger partial charge is 0.272 e. The minimum absolute atomic E-state index is 0.136. The van der Waals surface area contributed by atoms with Crippen molar-refractivity contribution in [1.29, 1.82) is 0 Å². The topological polar surface area (TPSA) is 69.2 Å². The van der Waals surface area contributed by atoms with Gasteiger partial charge in [-0.3, -0.25) is 10.1 Å². The minimum atomic E-state index is -0.355. The Morgan fingerprint density at radius 3 is 2.53 bits per heavy atom. The maximum absolute atomic E-state index is 11.0. The largest absolute Gasteiger partial charge is 0.324 e. The van der Waals surface area contributed by atoms with Crippen LogP contribution in [0.25, 0.3) is 0 Å². The summed E-state index contributed by atoms with van der Waals surface area (Å²) in [4.78, 5) is 10.7. The normalized spacial score (nSPS) is 12.1. The van der Waals surface area contributed by atoms with E-state index in [1.165, 1.54) is 0 Å². The highest BCUT2D eigenvalue weighted by Crippen LogP contribution is 2.24. The predicted octanol–water partition coefficient (Wildman–Crippen LogP) is 3.15. The summed E-state index contributed by atoms with van der Waals surface area (Å²) in [6.45, 7) is 1.92. The third-order valence-electron chi connectivity index (χ3n) is 3.10. The van der Waals surface area contributed by atoms with E-state index in [4.69, 9.17) is 5.73 Å². The molecule has 0 bridgehead atoms. The van der Waals surface area contributed by atoms with Crippen LogP contribution in [-0.2, 0) is 6.42 Å². The standard InChI is InChI=1S/C15H16N2O2/c1-11-7-8-15(17(18)19)13(9-11)10-14(16)12-5-3-2-4-6-12/h2-9,14H,10,16H2,1H3. The highest BCUT2D eigenvalue weighted by atomic mass is 16.6. The van der Waals surface area contributed by atoms with Crippen LogP contribution in [0.3, 0.4) is 0 Å². The molecule has 0 radical (unpaired) electrons. The first-order valence-electron chi connectivity index (χ1n) is 6.12. The lowest BCUT2D eigenvalue weighted by molar-refractivity contribution is -0.385. The second-order valence-corrected chi connectivity index (χ2v) is 4.61. The molecule has 0 aliphatic rings. The Kier molecular flexibility index (Phi) is 3.92. The molecule has 2 rings (SSSR count). The molecule has 4 nitrogen and oxygen atoms in total. The third-order valence-corrected chi connectivity index (χ3v) is 3.10. The van der Waals surface area contributed by atoms with Crippen molar-refractivity contribution in [3.05, 3.63) is 75.3 Å². The molecular weight excluding hydrogens is 240 g/mol. The van der Waals surface area contributed by atoms with Crippen molar-refractivity contribution in [1.82, 2.24) is 0 Å². The molecule has 1 atom stereocenters. The average Bonchev–Trinajstić information content (AvgIpc) is 2.39. The zero-order chi connectivity index (χ0) is 13.8. The molecule has 0 heterocycles. The summed E-state index contributed by atoms with van der Waals surface area (Å²) >= 11 is 0. The Morgan fingerprint density at radius 2 is 1.89 bits per heavy atom. The van der Waals surface area contributed by atoms with Crippen molar-refractivity contribution in [2.24, 2.45) is 5.73 Å². The van der Waals surface area contributed by atoms with Gasteiger partial charge in [0, 0.05) is 17.7 Å². The van der Waals surface area contributed by atoms with Gasteiger partial charge in [0.05, 0.1) is 4.92 Å². The molecule has 4 heteroatoms. The van der Waals surface area contributed by atoms with E-state index < -0.39 is 0 Å². The van der Waals surface area contributed by atoms with Crippen molar-refractivity contribution in [3.8, 4) is 0 Å². The van der Waals surface area contributed by atoms with Gasteiger partial charge < -0.3 is 5.73 Å². The quantitative estimate of drug-likeness (QED) is 0.674. The van der Waals surface area contributed by atoms with E-state index in [0.29, 0.717) is 12.0 Å². The lowest BCUT2D eigenvalue weighted by Gasteiger charge is -2.12. The van der Waals surface area contributed by atoms with Crippen LogP contribution < -0.4 is 5.73 Å². The molecule has 2 aromatic rings. The molecule has 1 unspecified atom stereocenters. The predicted molar refractivity (Wildman–Crippen MR) is 74.9 cm³/mol. The van der Waals surface area contributed by atoms with Crippen molar-refractivity contribution in [2.45, 2.75) is 19.4 Å². The summed E-state index contributed by atoms with van der Waals surface area (Å²) in [6.07, 6.45) is 0.460. The highest BCUT2D eigenvalue weighted by Gasteiger charge is 2.16. The molecular formula is C15H16N2O2. The van der Waals surface area contributed by atoms with E-state index in [-0.39, 0.29) is 16.7 Å². The zero-order valence-electron chi connectivity index (χ0n) is 10.7. The van der Waals surface area contributed by atoms with E-state index in [2.05, 4.69) is 0 Å². The highest BCUT2D eigenvalue weighted by molar-refractivity contribution is 5.43. The Balaban J connectivity index is 2.28. The van der Waals surface area contributed by atoms with Crippen LogP contribution in [0.1, 0.15) is 22.7 Å². The van der Waals surface area contributed by atoms with Crippen LogP contribution in [0.5, 0.6) is 0 Å². The van der Waals surface area contributed by atoms with E-state index in [9.17, 15) is 10.1 Å². The Hall–Kier alpha value is -2.20. The molecule has 2 aromatic carbocycles. The third kappa shape index (κ3) is 3.17. The van der Waals surface area contributed by atoms with Crippen LogP contribution in [0.2, 0.25) is 0 Å². The Labute approximate surface area is 112 Å². The van der Waals surface area contributed by atoms with E-state index in [1.807, 2.05) is 43.3 Å². The van der Waals surface area contributed by atoms with Crippen molar-refractivity contribution in [2.75, 3.05) is 0 Å². The van der Waals surface area contributed by atoms with Crippen LogP contribution >= 0.6 is 0 Å². The molecule has 0 amide bonds. The van der Waals surface area contributed by atoms with E-state index in [0.717, 1.165) is 11.1 Å². The van der Waals surface area contributed by atoms with Gasteiger partial charge in [-0.05, 0) is 25.0 Å². The number of rotatable bonds is 4. The van der Waals surface area contributed by atoms with Crippen LogP contribution in [0.15, 0.2) is 48.5 Å². The summed E-state index contributed by atoms with van der Waals surface area (Å²) in [6, 6.07) is 14.5. The van der Waals surface area contributed by atoms with Gasteiger partial charge in [0.1, 0.15) is 0 Å². The molecule has 0 aromatic heterocycles. The summed E-state index contributed by atoms with van der Waals surface area (Å²) in [5.74, 6) is 0. The minimum Gasteiger partial charge on any atom is -0.324 e. The molecule has 0 spiro atoms. The summed E-state index contributed by atoms with van der Waals surface area (Å²) in [5.41, 5.74) is 8.93. The van der Waals surface area contributed by atoms with Gasteiger partial charge in [-0.25, -0.2) is 0 Å². The maximum atomic E-state index is 11.0. The van der Waals surface area contributed by atoms with Crippen molar-refractivity contribution >= 4 is 5.69 Å². The van der Waals surface area contributed by atoms with Gasteiger partial charge in [-0.2, -0.15) is 0 Å². The number of nitrogens with two attached hydrogens (primary N) is 1. The number of aryl methyl sites for hydroxylation is 1. The lowest BCUT2D eigenvalue weighted by atomic mass is 9.97. The first-order chi connectivity index (χ1) is 9.08. The van der Waals surface area contributed by atoms with Crippen molar-refractivity contribution in [3.63, 3.8) is 0 Å². The Morgan fingerprint density at radius 1 is 1.21 bits per heavy atom. The molecule has 19 heavy (non-hydrogen) atoms. The summed E-state index contributed by atoms with van der Waals surface area (Å²) < 4.78 is 0. The fourth-order valence-electron chi connectivity index (χ4n) is 2.11. The molecule has 2 N–H and O–H groups in total. The van der Waals surface area contributed by atoms with E-state index >= 15 is 0 Å². The number of nitro groups is 1. The Bertz CT molecular complexity index is 582. The second-order valence-electron chi connectivity index (χ2n) is 4.61. The van der Waals surface area contributed by atoms with Gasteiger partial charge in [0.25, 0.3) is 5.69 Å². The summed E-state index contributed by atoms with van der Waals surface area (Å²) in [7, 11) is 0. The second kappa shape index (κ2) is 5.63. The van der Waals surface area contributed by atoms with Crippen LogP contribution in [0, 0.1) is 17.0 Å². The average molecular weight is 256 g/mol. The SMILES string of the molecule is Cc1ccc([N+](=O)[O-])c(CC(N)c2ccccc2)c1. The molecule has 0 saturated heterocycles. The van der Waals surface area contributed by atoms with Crippen LogP contribution in [-0.4, -0.2) is 4.92 Å². The molecule has 0 fully saturated rings. The number of nitro benzene ring substituents is 1. The molecule has 0 aliphatic heterocycles.